The first-order valence-electron chi connectivity index (χ1n) is 11.2. The lowest BCUT2D eigenvalue weighted by Gasteiger charge is -2.32. The molecule has 1 N–H and O–H groups in total. The van der Waals surface area contributed by atoms with E-state index in [-0.39, 0.29) is 17.0 Å². The van der Waals surface area contributed by atoms with Crippen LogP contribution in [0, 0.1) is 0 Å². The molecule has 8 nitrogen and oxygen atoms in total. The second kappa shape index (κ2) is 9.84. The van der Waals surface area contributed by atoms with Crippen molar-refractivity contribution in [3.05, 3.63) is 71.1 Å². The molecule has 3 aromatic rings. The fourth-order valence-electron chi connectivity index (χ4n) is 3.95. The number of anilines is 1. The van der Waals surface area contributed by atoms with Gasteiger partial charge in [-0.15, -0.1) is 5.10 Å². The molecule has 1 amide bonds. The number of rotatable bonds is 7. The molecule has 2 heterocycles. The Labute approximate surface area is 194 Å². The van der Waals surface area contributed by atoms with E-state index in [0.29, 0.717) is 24.4 Å². The van der Waals surface area contributed by atoms with Crippen LogP contribution in [0.4, 0.5) is 6.01 Å². The minimum atomic E-state index is -3.58. The molecule has 0 saturated carbocycles. The van der Waals surface area contributed by atoms with Crippen LogP contribution >= 0.6 is 0 Å². The molecule has 9 heteroatoms. The van der Waals surface area contributed by atoms with Crippen molar-refractivity contribution in [2.45, 2.75) is 56.9 Å². The Morgan fingerprint density at radius 3 is 2.42 bits per heavy atom. The Kier molecular flexibility index (Phi) is 6.90. The summed E-state index contributed by atoms with van der Waals surface area (Å²) >= 11 is 0. The highest BCUT2D eigenvalue weighted by atomic mass is 32.2. The molecule has 0 aliphatic carbocycles. The zero-order chi connectivity index (χ0) is 23.4. The number of benzene rings is 2. The highest BCUT2D eigenvalue weighted by Gasteiger charge is 2.31. The quantitative estimate of drug-likeness (QED) is 0.561. The third-order valence-corrected chi connectivity index (χ3v) is 7.97. The number of carbonyl (C=O) groups is 1. The number of aromatic nitrogens is 2. The van der Waals surface area contributed by atoms with E-state index >= 15 is 0 Å². The van der Waals surface area contributed by atoms with E-state index in [9.17, 15) is 13.2 Å². The molecule has 33 heavy (non-hydrogen) atoms. The highest BCUT2D eigenvalue weighted by Crippen LogP contribution is 2.25. The van der Waals surface area contributed by atoms with Gasteiger partial charge in [0.25, 0.3) is 5.91 Å². The molecule has 1 aliphatic heterocycles. The van der Waals surface area contributed by atoms with Gasteiger partial charge in [-0.25, -0.2) is 8.42 Å². The lowest BCUT2D eigenvalue weighted by molar-refractivity contribution is 0.102. The Morgan fingerprint density at radius 2 is 1.76 bits per heavy atom. The molecule has 1 aliphatic rings. The normalized spacial score (nSPS) is 17.1. The second-order valence-electron chi connectivity index (χ2n) is 8.29. The van der Waals surface area contributed by atoms with Crippen molar-refractivity contribution >= 4 is 21.9 Å². The van der Waals surface area contributed by atoms with E-state index in [1.807, 2.05) is 19.1 Å². The lowest BCUT2D eigenvalue weighted by atomic mass is 10.1. The van der Waals surface area contributed by atoms with E-state index < -0.39 is 15.9 Å². The van der Waals surface area contributed by atoms with Gasteiger partial charge >= 0.3 is 6.01 Å². The number of hydrogen-bond donors (Lipinski definition) is 1. The third-order valence-electron chi connectivity index (χ3n) is 5.94. The van der Waals surface area contributed by atoms with E-state index in [4.69, 9.17) is 4.42 Å². The number of sulfonamides is 1. The number of nitrogens with one attached hydrogen (secondary N) is 1. The van der Waals surface area contributed by atoms with Gasteiger partial charge in [0.15, 0.2) is 0 Å². The average Bonchev–Trinajstić information content (AvgIpc) is 3.26. The zero-order valence-corrected chi connectivity index (χ0v) is 19.6. The maximum absolute atomic E-state index is 13.0. The van der Waals surface area contributed by atoms with Crippen molar-refractivity contribution in [1.82, 2.24) is 14.5 Å². The summed E-state index contributed by atoms with van der Waals surface area (Å²) in [5.41, 5.74) is 2.59. The number of hydrogen-bond acceptors (Lipinski definition) is 6. The Bertz CT molecular complexity index is 1200. The predicted molar refractivity (Wildman–Crippen MR) is 125 cm³/mol. The summed E-state index contributed by atoms with van der Waals surface area (Å²) in [5, 5.41) is 10.4. The monoisotopic (exact) mass is 468 g/mol. The van der Waals surface area contributed by atoms with Crippen molar-refractivity contribution in [1.29, 1.82) is 0 Å². The van der Waals surface area contributed by atoms with E-state index in [1.165, 1.54) is 29.8 Å². The summed E-state index contributed by atoms with van der Waals surface area (Å²) in [7, 11) is -3.58. The second-order valence-corrected chi connectivity index (χ2v) is 10.2. The number of aryl methyl sites for hydroxylation is 1. The van der Waals surface area contributed by atoms with Gasteiger partial charge in [-0.1, -0.05) is 42.7 Å². The van der Waals surface area contributed by atoms with Crippen LogP contribution in [0.1, 0.15) is 60.5 Å². The molecule has 1 unspecified atom stereocenters. The van der Waals surface area contributed by atoms with Crippen LogP contribution < -0.4 is 5.32 Å². The molecule has 1 fully saturated rings. The maximum atomic E-state index is 13.0. The zero-order valence-electron chi connectivity index (χ0n) is 18.8. The predicted octanol–water partition coefficient (Wildman–Crippen LogP) is 4.04. The summed E-state index contributed by atoms with van der Waals surface area (Å²) < 4.78 is 33.0. The smallest absolute Gasteiger partial charge is 0.322 e. The number of amides is 1. The summed E-state index contributed by atoms with van der Waals surface area (Å²) in [6.45, 7) is 4.55. The molecule has 174 valence electrons. The minimum absolute atomic E-state index is 0.000909. The van der Waals surface area contributed by atoms with Crippen LogP contribution in [0.25, 0.3) is 0 Å². The van der Waals surface area contributed by atoms with Gasteiger partial charge < -0.3 is 4.42 Å². The SMILES string of the molecule is CCc1ccc(Cc2nnc(NC(=O)c3ccc(S(=O)(=O)N4CCCCC4C)cc3)o2)cc1. The van der Waals surface area contributed by atoms with Gasteiger partial charge in [-0.3, -0.25) is 10.1 Å². The molecule has 1 saturated heterocycles. The van der Waals surface area contributed by atoms with Crippen molar-refractivity contribution in [2.24, 2.45) is 0 Å². The van der Waals surface area contributed by atoms with Gasteiger partial charge in [0.2, 0.25) is 15.9 Å². The van der Waals surface area contributed by atoms with Crippen molar-refractivity contribution in [3.63, 3.8) is 0 Å². The van der Waals surface area contributed by atoms with Crippen molar-refractivity contribution in [2.75, 3.05) is 11.9 Å². The third kappa shape index (κ3) is 5.31. The van der Waals surface area contributed by atoms with Crippen LogP contribution in [0.15, 0.2) is 57.8 Å². The molecule has 4 rings (SSSR count). The van der Waals surface area contributed by atoms with E-state index in [2.05, 4.69) is 34.6 Å². The van der Waals surface area contributed by atoms with Crippen molar-refractivity contribution in [3.8, 4) is 0 Å². The molecule has 0 spiro atoms. The first kappa shape index (κ1) is 23.1. The largest absolute Gasteiger partial charge is 0.407 e. The highest BCUT2D eigenvalue weighted by molar-refractivity contribution is 7.89. The number of nitrogens with zero attached hydrogens (tertiary/aromatic N) is 3. The van der Waals surface area contributed by atoms with Crippen LogP contribution in [0.5, 0.6) is 0 Å². The van der Waals surface area contributed by atoms with Crippen LogP contribution in [0.3, 0.4) is 0 Å². The van der Waals surface area contributed by atoms with Gasteiger partial charge in [0.05, 0.1) is 11.3 Å². The Hall–Kier alpha value is -3.04. The summed E-state index contributed by atoms with van der Waals surface area (Å²) in [6, 6.07) is 14.0. The summed E-state index contributed by atoms with van der Waals surface area (Å²) in [4.78, 5) is 12.8. The molecule has 0 bridgehead atoms. The molecular formula is C24H28N4O4S. The topological polar surface area (TPSA) is 105 Å². The maximum Gasteiger partial charge on any atom is 0.322 e. The first-order valence-corrected chi connectivity index (χ1v) is 12.6. The molecule has 1 aromatic heterocycles. The molecular weight excluding hydrogens is 440 g/mol. The van der Waals surface area contributed by atoms with Crippen LogP contribution in [0.2, 0.25) is 0 Å². The summed E-state index contributed by atoms with van der Waals surface area (Å²) in [5.74, 6) is -0.0561. The van der Waals surface area contributed by atoms with Gasteiger partial charge in [-0.05, 0) is 61.6 Å². The summed E-state index contributed by atoms with van der Waals surface area (Å²) in [6.07, 6.45) is 4.20. The van der Waals surface area contributed by atoms with Gasteiger partial charge in [-0.2, -0.15) is 4.31 Å². The Balaban J connectivity index is 1.40. The van der Waals surface area contributed by atoms with E-state index in [0.717, 1.165) is 31.2 Å². The molecule has 0 radical (unpaired) electrons. The lowest BCUT2D eigenvalue weighted by Crippen LogP contribution is -2.41. The molecule has 1 atom stereocenters. The standard InChI is InChI=1S/C24H28N4O4S/c1-3-18-7-9-19(10-8-18)16-22-26-27-24(32-22)25-23(29)20-11-13-21(14-12-20)33(30,31)28-15-5-4-6-17(28)2/h7-14,17H,3-6,15-16H2,1-2H3,(H,25,27,29). The van der Waals surface area contributed by atoms with Gasteiger partial charge in [0.1, 0.15) is 0 Å². The van der Waals surface area contributed by atoms with Crippen LogP contribution in [-0.4, -0.2) is 41.4 Å². The molecule has 2 aromatic carbocycles. The number of piperidine rings is 1. The number of carbonyl (C=O) groups excluding carboxylic acids is 1. The Morgan fingerprint density at radius 1 is 1.06 bits per heavy atom. The van der Waals surface area contributed by atoms with E-state index in [1.54, 1.807) is 4.31 Å². The minimum Gasteiger partial charge on any atom is -0.407 e. The van der Waals surface area contributed by atoms with Gasteiger partial charge in [0, 0.05) is 18.2 Å². The average molecular weight is 469 g/mol. The fourth-order valence-corrected chi connectivity index (χ4v) is 5.65. The first-order chi connectivity index (χ1) is 15.9. The fraction of sp³-hybridized carbons (Fsp3) is 0.375. The van der Waals surface area contributed by atoms with Crippen molar-refractivity contribution < 1.29 is 17.6 Å². The van der Waals surface area contributed by atoms with Crippen LogP contribution in [-0.2, 0) is 22.9 Å².